The number of rotatable bonds is 4. The Bertz CT molecular complexity index is 647. The summed E-state index contributed by atoms with van der Waals surface area (Å²) in [5, 5.41) is 3.33. The summed E-state index contributed by atoms with van der Waals surface area (Å²) in [6.45, 7) is 3.58. The van der Waals surface area contributed by atoms with Crippen molar-refractivity contribution in [2.75, 3.05) is 33.3 Å². The minimum Gasteiger partial charge on any atom is -0.497 e. The second-order valence-electron chi connectivity index (χ2n) is 5.22. The molecule has 0 unspecified atom stereocenters. The molecule has 2 heterocycles. The first-order valence-electron chi connectivity index (χ1n) is 7.22. The van der Waals surface area contributed by atoms with Gasteiger partial charge in [-0.3, -0.25) is 4.90 Å². The number of nitrogens with one attached hydrogen (secondary N) is 1. The van der Waals surface area contributed by atoms with E-state index in [0.29, 0.717) is 11.3 Å². The lowest BCUT2D eigenvalue weighted by atomic mass is 10.0. The first kappa shape index (κ1) is 18.5. The molecule has 1 aromatic carbocycles. The highest BCUT2D eigenvalue weighted by Gasteiger charge is 2.27. The minimum atomic E-state index is -0.243. The maximum absolute atomic E-state index is 14.6. The van der Waals surface area contributed by atoms with Crippen LogP contribution in [0.5, 0.6) is 5.75 Å². The molecule has 0 bridgehead atoms. The van der Waals surface area contributed by atoms with Gasteiger partial charge in [0, 0.05) is 42.7 Å². The lowest BCUT2D eigenvalue weighted by Crippen LogP contribution is -2.45. The third-order valence-electron chi connectivity index (χ3n) is 3.88. The molecule has 2 aromatic rings. The average molecular weight is 377 g/mol. The third-order valence-corrected chi connectivity index (χ3v) is 5.17. The summed E-state index contributed by atoms with van der Waals surface area (Å²) in [6, 6.07) is 8.82. The molecule has 1 aliphatic heterocycles. The monoisotopic (exact) mass is 376 g/mol. The van der Waals surface area contributed by atoms with Gasteiger partial charge >= 0.3 is 0 Å². The fourth-order valence-corrected chi connectivity index (χ4v) is 4.02. The van der Waals surface area contributed by atoms with Gasteiger partial charge in [-0.2, -0.15) is 0 Å². The molecule has 1 atom stereocenters. The first-order valence-corrected chi connectivity index (χ1v) is 8.42. The maximum atomic E-state index is 14.6. The summed E-state index contributed by atoms with van der Waals surface area (Å²) in [4.78, 5) is 3.36. The number of nitrogens with zero attached hydrogens (tertiary/aromatic N) is 1. The van der Waals surface area contributed by atoms with E-state index in [4.69, 9.17) is 16.3 Å². The lowest BCUT2D eigenvalue weighted by Gasteiger charge is -2.35. The van der Waals surface area contributed by atoms with Crippen LogP contribution in [-0.2, 0) is 0 Å². The van der Waals surface area contributed by atoms with Gasteiger partial charge in [0.05, 0.1) is 17.5 Å². The van der Waals surface area contributed by atoms with E-state index in [-0.39, 0.29) is 24.3 Å². The average Bonchev–Trinajstić information content (AvgIpc) is 2.96. The molecule has 0 aliphatic carbocycles. The van der Waals surface area contributed by atoms with Crippen molar-refractivity contribution in [2.24, 2.45) is 0 Å². The van der Waals surface area contributed by atoms with E-state index in [1.165, 1.54) is 17.4 Å². The molecule has 7 heteroatoms. The van der Waals surface area contributed by atoms with Crippen LogP contribution in [0.2, 0.25) is 4.34 Å². The Morgan fingerprint density at radius 1 is 1.26 bits per heavy atom. The number of halogens is 3. The number of ether oxygens (including phenoxy) is 1. The summed E-state index contributed by atoms with van der Waals surface area (Å²) >= 11 is 7.60. The zero-order valence-corrected chi connectivity index (χ0v) is 15.1. The standard InChI is InChI=1S/C16H18ClFN2OS.ClH/c1-21-11-2-3-12(13(18)10-11)16(14-4-5-15(17)22-14)20-8-6-19-7-9-20;/h2-5,10,16,19H,6-9H2,1H3;1H/t16-;/m0./s1. The van der Waals surface area contributed by atoms with Gasteiger partial charge in [-0.25, -0.2) is 4.39 Å². The van der Waals surface area contributed by atoms with Crippen molar-refractivity contribution in [3.8, 4) is 5.75 Å². The van der Waals surface area contributed by atoms with Gasteiger partial charge in [0.25, 0.3) is 0 Å². The predicted molar refractivity (Wildman–Crippen MR) is 95.8 cm³/mol. The molecule has 0 radical (unpaired) electrons. The highest BCUT2D eigenvalue weighted by Crippen LogP contribution is 2.37. The predicted octanol–water partition coefficient (Wildman–Crippen LogP) is 3.97. The molecule has 1 saturated heterocycles. The lowest BCUT2D eigenvalue weighted by molar-refractivity contribution is 0.197. The largest absolute Gasteiger partial charge is 0.497 e. The van der Waals surface area contributed by atoms with E-state index in [1.807, 2.05) is 24.3 Å². The summed E-state index contributed by atoms with van der Waals surface area (Å²) in [5.74, 6) is 0.289. The quantitative estimate of drug-likeness (QED) is 0.873. The van der Waals surface area contributed by atoms with Gasteiger partial charge in [0.1, 0.15) is 11.6 Å². The molecule has 1 N–H and O–H groups in total. The summed E-state index contributed by atoms with van der Waals surface area (Å²) in [7, 11) is 1.54. The minimum absolute atomic E-state index is 0. The van der Waals surface area contributed by atoms with E-state index in [9.17, 15) is 4.39 Å². The van der Waals surface area contributed by atoms with Crippen LogP contribution in [0, 0.1) is 5.82 Å². The molecule has 23 heavy (non-hydrogen) atoms. The number of hydrogen-bond acceptors (Lipinski definition) is 4. The third kappa shape index (κ3) is 4.17. The highest BCUT2D eigenvalue weighted by molar-refractivity contribution is 7.16. The second kappa shape index (κ2) is 8.31. The van der Waals surface area contributed by atoms with Crippen LogP contribution in [0.3, 0.4) is 0 Å². The molecule has 126 valence electrons. The molecule has 1 aromatic heterocycles. The van der Waals surface area contributed by atoms with Gasteiger partial charge in [-0.05, 0) is 18.2 Å². The van der Waals surface area contributed by atoms with Crippen LogP contribution < -0.4 is 10.1 Å². The van der Waals surface area contributed by atoms with Crippen molar-refractivity contribution in [3.63, 3.8) is 0 Å². The fourth-order valence-electron chi connectivity index (χ4n) is 2.80. The summed E-state index contributed by atoms with van der Waals surface area (Å²) in [5.41, 5.74) is 0.668. The van der Waals surface area contributed by atoms with E-state index in [2.05, 4.69) is 10.2 Å². The Labute approximate surface area is 150 Å². The zero-order chi connectivity index (χ0) is 15.5. The molecular weight excluding hydrogens is 358 g/mol. The van der Waals surface area contributed by atoms with Gasteiger partial charge < -0.3 is 10.1 Å². The summed E-state index contributed by atoms with van der Waals surface area (Å²) < 4.78 is 20.4. The van der Waals surface area contributed by atoms with Crippen LogP contribution in [0.25, 0.3) is 0 Å². The van der Waals surface area contributed by atoms with Crippen molar-refractivity contribution in [2.45, 2.75) is 6.04 Å². The number of hydrogen-bond donors (Lipinski definition) is 1. The molecule has 0 saturated carbocycles. The van der Waals surface area contributed by atoms with Crippen molar-refractivity contribution in [1.29, 1.82) is 0 Å². The number of methoxy groups -OCH3 is 1. The van der Waals surface area contributed by atoms with Crippen molar-refractivity contribution < 1.29 is 9.13 Å². The van der Waals surface area contributed by atoms with Crippen LogP contribution in [0.15, 0.2) is 30.3 Å². The highest BCUT2D eigenvalue weighted by atomic mass is 35.5. The number of thiophene rings is 1. The van der Waals surface area contributed by atoms with E-state index in [1.54, 1.807) is 7.11 Å². The topological polar surface area (TPSA) is 24.5 Å². The van der Waals surface area contributed by atoms with Gasteiger partial charge in [0.15, 0.2) is 0 Å². The Kier molecular flexibility index (Phi) is 6.68. The Morgan fingerprint density at radius 2 is 2.00 bits per heavy atom. The Hall–Kier alpha value is -0.850. The molecule has 3 rings (SSSR count). The van der Waals surface area contributed by atoms with Crippen molar-refractivity contribution >= 4 is 35.3 Å². The Morgan fingerprint density at radius 3 is 2.57 bits per heavy atom. The van der Waals surface area contributed by atoms with E-state index >= 15 is 0 Å². The van der Waals surface area contributed by atoms with Crippen molar-refractivity contribution in [3.05, 3.63) is 50.9 Å². The number of piperazine rings is 1. The van der Waals surface area contributed by atoms with Gasteiger partial charge in [-0.15, -0.1) is 23.7 Å². The van der Waals surface area contributed by atoms with Crippen molar-refractivity contribution in [1.82, 2.24) is 10.2 Å². The van der Waals surface area contributed by atoms with Crippen LogP contribution >= 0.6 is 35.3 Å². The Balaban J connectivity index is 0.00000192. The summed E-state index contributed by atoms with van der Waals surface area (Å²) in [6.07, 6.45) is 0. The SMILES string of the molecule is COc1ccc([C@@H](c2ccc(Cl)s2)N2CCNCC2)c(F)c1.Cl. The number of benzene rings is 1. The first-order chi connectivity index (χ1) is 10.7. The van der Waals surface area contributed by atoms with E-state index in [0.717, 1.165) is 35.4 Å². The van der Waals surface area contributed by atoms with Crippen LogP contribution in [-0.4, -0.2) is 38.2 Å². The van der Waals surface area contributed by atoms with Gasteiger partial charge in [-0.1, -0.05) is 17.7 Å². The molecular formula is C16H19Cl2FN2OS. The molecule has 0 spiro atoms. The van der Waals surface area contributed by atoms with E-state index < -0.39 is 0 Å². The fraction of sp³-hybridized carbons (Fsp3) is 0.375. The normalized spacial score (nSPS) is 16.7. The molecule has 3 nitrogen and oxygen atoms in total. The molecule has 0 amide bonds. The second-order valence-corrected chi connectivity index (χ2v) is 6.96. The zero-order valence-electron chi connectivity index (χ0n) is 12.7. The molecule has 1 aliphatic rings. The van der Waals surface area contributed by atoms with Crippen LogP contribution in [0.4, 0.5) is 4.39 Å². The maximum Gasteiger partial charge on any atom is 0.132 e. The molecule has 1 fully saturated rings. The van der Waals surface area contributed by atoms with Gasteiger partial charge in [0.2, 0.25) is 0 Å². The van der Waals surface area contributed by atoms with Crippen LogP contribution in [0.1, 0.15) is 16.5 Å². The smallest absolute Gasteiger partial charge is 0.132 e.